The third-order valence-electron chi connectivity index (χ3n) is 3.29. The zero-order valence-corrected chi connectivity index (χ0v) is 10.5. The second-order valence-electron chi connectivity index (χ2n) is 4.63. The van der Waals surface area contributed by atoms with E-state index in [0.29, 0.717) is 6.10 Å². The fraction of sp³-hybridized carbons (Fsp3) is 0.571. The first-order valence-corrected chi connectivity index (χ1v) is 6.40. The van der Waals surface area contributed by atoms with Gasteiger partial charge < -0.3 is 10.1 Å². The summed E-state index contributed by atoms with van der Waals surface area (Å²) in [5.74, 6) is 0.621. The maximum absolute atomic E-state index is 13.3. The lowest BCUT2D eigenvalue weighted by atomic mass is 9.96. The van der Waals surface area contributed by atoms with Crippen LogP contribution in [0.25, 0.3) is 0 Å². The van der Waals surface area contributed by atoms with Gasteiger partial charge in [0, 0.05) is 11.6 Å². The first kappa shape index (κ1) is 12.4. The average Bonchev–Trinajstić information content (AvgIpc) is 2.25. The van der Waals surface area contributed by atoms with Gasteiger partial charge in [0.1, 0.15) is 11.6 Å². The molecular formula is C14H20FNO. The minimum absolute atomic E-state index is 0.116. The highest BCUT2D eigenvalue weighted by Gasteiger charge is 2.21. The Morgan fingerprint density at radius 1 is 1.47 bits per heavy atom. The van der Waals surface area contributed by atoms with E-state index < -0.39 is 0 Å². The third kappa shape index (κ3) is 2.97. The molecule has 0 amide bonds. The van der Waals surface area contributed by atoms with Crippen molar-refractivity contribution in [3.63, 3.8) is 0 Å². The van der Waals surface area contributed by atoms with E-state index >= 15 is 0 Å². The van der Waals surface area contributed by atoms with Crippen molar-refractivity contribution in [1.82, 2.24) is 5.32 Å². The lowest BCUT2D eigenvalue weighted by Gasteiger charge is -2.28. The Morgan fingerprint density at radius 3 is 2.82 bits per heavy atom. The van der Waals surface area contributed by atoms with Crippen LogP contribution in [0.15, 0.2) is 18.2 Å². The summed E-state index contributed by atoms with van der Waals surface area (Å²) in [5.41, 5.74) is 0.916. The first-order valence-electron chi connectivity index (χ1n) is 6.40. The Balaban J connectivity index is 2.16. The van der Waals surface area contributed by atoms with Crippen LogP contribution in [0.4, 0.5) is 4.39 Å². The van der Waals surface area contributed by atoms with Crippen molar-refractivity contribution >= 4 is 0 Å². The molecule has 1 aliphatic carbocycles. The van der Waals surface area contributed by atoms with Crippen molar-refractivity contribution < 1.29 is 9.13 Å². The number of hydrogen-bond donors (Lipinski definition) is 1. The summed E-state index contributed by atoms with van der Waals surface area (Å²) in [6, 6.07) is 4.90. The molecule has 94 valence electrons. The van der Waals surface area contributed by atoms with Gasteiger partial charge in [-0.2, -0.15) is 0 Å². The van der Waals surface area contributed by atoms with E-state index in [-0.39, 0.29) is 11.9 Å². The van der Waals surface area contributed by atoms with Crippen LogP contribution in [0.2, 0.25) is 0 Å². The molecule has 2 nitrogen and oxygen atoms in total. The summed E-state index contributed by atoms with van der Waals surface area (Å²) < 4.78 is 19.2. The van der Waals surface area contributed by atoms with Crippen LogP contribution in [-0.2, 0) is 0 Å². The fourth-order valence-corrected chi connectivity index (χ4v) is 2.05. The number of benzene rings is 1. The molecule has 1 aromatic carbocycles. The Labute approximate surface area is 102 Å². The van der Waals surface area contributed by atoms with E-state index in [1.54, 1.807) is 12.1 Å². The molecule has 1 saturated carbocycles. The average molecular weight is 237 g/mol. The minimum atomic E-state index is -0.203. The number of nitrogens with one attached hydrogen (secondary N) is 1. The van der Waals surface area contributed by atoms with Crippen LogP contribution in [0, 0.1) is 5.82 Å². The molecule has 2 rings (SSSR count). The van der Waals surface area contributed by atoms with Gasteiger partial charge in [-0.05, 0) is 50.9 Å². The normalized spacial score (nSPS) is 17.6. The van der Waals surface area contributed by atoms with E-state index in [1.807, 2.05) is 13.8 Å². The second-order valence-corrected chi connectivity index (χ2v) is 4.63. The highest BCUT2D eigenvalue weighted by Crippen LogP contribution is 2.31. The molecule has 1 N–H and O–H groups in total. The topological polar surface area (TPSA) is 21.3 Å². The number of ether oxygens (including phenoxy) is 1. The van der Waals surface area contributed by atoms with E-state index in [0.717, 1.165) is 30.7 Å². The Bertz CT molecular complexity index is 376. The molecule has 1 unspecified atom stereocenters. The van der Waals surface area contributed by atoms with Gasteiger partial charge >= 0.3 is 0 Å². The van der Waals surface area contributed by atoms with E-state index in [9.17, 15) is 4.39 Å². The van der Waals surface area contributed by atoms with Gasteiger partial charge in [-0.1, -0.05) is 6.92 Å². The maximum Gasteiger partial charge on any atom is 0.124 e. The Hall–Kier alpha value is -1.09. The molecule has 0 aliphatic heterocycles. The standard InChI is InChI=1S/C14H20FNO/c1-3-16-10(2)13-9-11(15)7-8-14(13)17-12-5-4-6-12/h7-10,12,16H,3-6H2,1-2H3. The second kappa shape index (κ2) is 5.50. The molecular weight excluding hydrogens is 217 g/mol. The minimum Gasteiger partial charge on any atom is -0.490 e. The van der Waals surface area contributed by atoms with Crippen molar-refractivity contribution in [1.29, 1.82) is 0 Å². The SMILES string of the molecule is CCNC(C)c1cc(F)ccc1OC1CCC1. The van der Waals surface area contributed by atoms with Gasteiger partial charge in [0.2, 0.25) is 0 Å². The molecule has 0 saturated heterocycles. The molecule has 0 radical (unpaired) electrons. The fourth-order valence-electron chi connectivity index (χ4n) is 2.05. The molecule has 1 atom stereocenters. The van der Waals surface area contributed by atoms with Gasteiger partial charge in [0.25, 0.3) is 0 Å². The first-order chi connectivity index (χ1) is 8.20. The van der Waals surface area contributed by atoms with Gasteiger partial charge in [-0.25, -0.2) is 4.39 Å². The van der Waals surface area contributed by atoms with Crippen LogP contribution >= 0.6 is 0 Å². The monoisotopic (exact) mass is 237 g/mol. The molecule has 0 aromatic heterocycles. The highest BCUT2D eigenvalue weighted by molar-refractivity contribution is 5.36. The molecule has 0 heterocycles. The van der Waals surface area contributed by atoms with E-state index in [2.05, 4.69) is 5.32 Å². The number of hydrogen-bond acceptors (Lipinski definition) is 2. The van der Waals surface area contributed by atoms with Crippen LogP contribution in [0.3, 0.4) is 0 Å². The molecule has 17 heavy (non-hydrogen) atoms. The quantitative estimate of drug-likeness (QED) is 0.847. The largest absolute Gasteiger partial charge is 0.490 e. The summed E-state index contributed by atoms with van der Waals surface area (Å²) in [6.07, 6.45) is 3.80. The molecule has 1 aliphatic rings. The predicted octanol–water partition coefficient (Wildman–Crippen LogP) is 3.43. The van der Waals surface area contributed by atoms with E-state index in [4.69, 9.17) is 4.74 Å². The summed E-state index contributed by atoms with van der Waals surface area (Å²) in [5, 5.41) is 3.29. The maximum atomic E-state index is 13.3. The van der Waals surface area contributed by atoms with Crippen molar-refractivity contribution in [3.05, 3.63) is 29.6 Å². The van der Waals surface area contributed by atoms with Crippen molar-refractivity contribution in [2.24, 2.45) is 0 Å². The zero-order chi connectivity index (χ0) is 12.3. The summed E-state index contributed by atoms with van der Waals surface area (Å²) >= 11 is 0. The lowest BCUT2D eigenvalue weighted by Crippen LogP contribution is -2.26. The van der Waals surface area contributed by atoms with Crippen molar-refractivity contribution in [2.45, 2.75) is 45.3 Å². The molecule has 1 fully saturated rings. The molecule has 3 heteroatoms. The predicted molar refractivity (Wildman–Crippen MR) is 66.8 cm³/mol. The van der Waals surface area contributed by atoms with E-state index in [1.165, 1.54) is 12.5 Å². The lowest BCUT2D eigenvalue weighted by molar-refractivity contribution is 0.118. The van der Waals surface area contributed by atoms with Gasteiger partial charge in [0.05, 0.1) is 6.10 Å². The smallest absolute Gasteiger partial charge is 0.124 e. The number of halogens is 1. The zero-order valence-electron chi connectivity index (χ0n) is 10.5. The van der Waals surface area contributed by atoms with Crippen molar-refractivity contribution in [3.8, 4) is 5.75 Å². The van der Waals surface area contributed by atoms with Crippen LogP contribution in [0.1, 0.15) is 44.7 Å². The summed E-state index contributed by atoms with van der Waals surface area (Å²) in [7, 11) is 0. The van der Waals surface area contributed by atoms with Gasteiger partial charge in [-0.3, -0.25) is 0 Å². The van der Waals surface area contributed by atoms with Crippen molar-refractivity contribution in [2.75, 3.05) is 6.54 Å². The molecule has 0 spiro atoms. The Kier molecular flexibility index (Phi) is 4.00. The molecule has 0 bridgehead atoms. The molecule has 1 aromatic rings. The van der Waals surface area contributed by atoms with Crippen LogP contribution in [0.5, 0.6) is 5.75 Å². The number of rotatable bonds is 5. The van der Waals surface area contributed by atoms with Crippen LogP contribution in [-0.4, -0.2) is 12.6 Å². The summed E-state index contributed by atoms with van der Waals surface area (Å²) in [4.78, 5) is 0. The third-order valence-corrected chi connectivity index (χ3v) is 3.29. The van der Waals surface area contributed by atoms with Gasteiger partial charge in [0.15, 0.2) is 0 Å². The highest BCUT2D eigenvalue weighted by atomic mass is 19.1. The van der Waals surface area contributed by atoms with Gasteiger partial charge in [-0.15, -0.1) is 0 Å². The summed E-state index contributed by atoms with van der Waals surface area (Å²) in [6.45, 7) is 4.94. The Morgan fingerprint density at radius 2 is 2.24 bits per heavy atom. The van der Waals surface area contributed by atoms with Crippen LogP contribution < -0.4 is 10.1 Å².